The summed E-state index contributed by atoms with van der Waals surface area (Å²) in [5.41, 5.74) is 6.77. The standard InChI is InChI=1S/C23H35FN8O/c1-3-18(17-8-7-13-26-17)32(15-10-11-19(33-2)16(24)14-15)23-30-21(25)29-22(31-23)28-20-9-5-4-6-12-27-20/h10-11,14,17-18,20,26-27H,3-9,12-13H2,1-2H3,(H3,25,28,29,30,31). The highest BCUT2D eigenvalue weighted by molar-refractivity contribution is 5.62. The Morgan fingerprint density at radius 1 is 1.15 bits per heavy atom. The van der Waals surface area contributed by atoms with E-state index in [1.54, 1.807) is 6.07 Å². The first-order valence-electron chi connectivity index (χ1n) is 12.0. The molecule has 3 unspecified atom stereocenters. The molecule has 33 heavy (non-hydrogen) atoms. The van der Waals surface area contributed by atoms with Crippen LogP contribution < -0.4 is 31.3 Å². The van der Waals surface area contributed by atoms with E-state index in [-0.39, 0.29) is 29.9 Å². The lowest BCUT2D eigenvalue weighted by molar-refractivity contribution is 0.386. The number of nitrogen functional groups attached to an aromatic ring is 1. The van der Waals surface area contributed by atoms with E-state index in [9.17, 15) is 4.39 Å². The molecular weight excluding hydrogens is 423 g/mol. The van der Waals surface area contributed by atoms with Gasteiger partial charge in [0.1, 0.15) is 0 Å². The van der Waals surface area contributed by atoms with Crippen molar-refractivity contribution in [3.05, 3.63) is 24.0 Å². The number of halogens is 1. The number of rotatable bonds is 8. The van der Waals surface area contributed by atoms with Crippen molar-refractivity contribution in [1.29, 1.82) is 0 Å². The van der Waals surface area contributed by atoms with Crippen molar-refractivity contribution in [2.45, 2.75) is 70.1 Å². The molecule has 0 amide bonds. The molecule has 5 N–H and O–H groups in total. The molecule has 2 aromatic rings. The van der Waals surface area contributed by atoms with Gasteiger partial charge in [-0.25, -0.2) is 4.39 Å². The summed E-state index contributed by atoms with van der Waals surface area (Å²) in [7, 11) is 1.46. The Bertz CT molecular complexity index is 915. The second kappa shape index (κ2) is 10.9. The number of ether oxygens (including phenoxy) is 1. The smallest absolute Gasteiger partial charge is 0.236 e. The Kier molecular flexibility index (Phi) is 7.77. The number of nitrogens with two attached hydrogens (primary N) is 1. The maximum atomic E-state index is 14.7. The molecule has 180 valence electrons. The largest absolute Gasteiger partial charge is 0.494 e. The molecule has 2 fully saturated rings. The quantitative estimate of drug-likeness (QED) is 0.474. The molecule has 9 nitrogen and oxygen atoms in total. The van der Waals surface area contributed by atoms with Gasteiger partial charge in [0, 0.05) is 17.8 Å². The van der Waals surface area contributed by atoms with Crippen LogP contribution in [0.2, 0.25) is 0 Å². The molecule has 2 aliphatic heterocycles. The SMILES string of the molecule is CCC(C1CCCN1)N(c1ccc(OC)c(F)c1)c1nc(N)nc(NC2CCCCCN2)n1. The van der Waals surface area contributed by atoms with Crippen molar-refractivity contribution < 1.29 is 9.13 Å². The summed E-state index contributed by atoms with van der Waals surface area (Å²) in [6.45, 7) is 4.04. The first kappa shape index (κ1) is 23.4. The lowest BCUT2D eigenvalue weighted by atomic mass is 10.0. The third-order valence-electron chi connectivity index (χ3n) is 6.45. The molecule has 0 spiro atoms. The second-order valence-electron chi connectivity index (χ2n) is 8.68. The van der Waals surface area contributed by atoms with Crippen LogP contribution in [-0.4, -0.2) is 53.4 Å². The Morgan fingerprint density at radius 3 is 2.73 bits per heavy atom. The normalized spacial score (nSPS) is 21.9. The van der Waals surface area contributed by atoms with Crippen LogP contribution in [0.3, 0.4) is 0 Å². The lowest BCUT2D eigenvalue weighted by Gasteiger charge is -2.35. The molecule has 3 heterocycles. The monoisotopic (exact) mass is 458 g/mol. The number of aromatic nitrogens is 3. The minimum atomic E-state index is -0.433. The van der Waals surface area contributed by atoms with Gasteiger partial charge in [0.2, 0.25) is 17.8 Å². The third kappa shape index (κ3) is 5.62. The number of anilines is 4. The van der Waals surface area contributed by atoms with Crippen molar-refractivity contribution in [1.82, 2.24) is 25.6 Å². The fraction of sp³-hybridized carbons (Fsp3) is 0.609. The predicted molar refractivity (Wildman–Crippen MR) is 128 cm³/mol. The van der Waals surface area contributed by atoms with Gasteiger partial charge in [0.15, 0.2) is 11.6 Å². The van der Waals surface area contributed by atoms with Crippen LogP contribution in [0.15, 0.2) is 18.2 Å². The molecule has 0 bridgehead atoms. The van der Waals surface area contributed by atoms with E-state index < -0.39 is 5.82 Å². The Labute approximate surface area is 194 Å². The first-order valence-corrected chi connectivity index (χ1v) is 12.0. The van der Waals surface area contributed by atoms with Crippen molar-refractivity contribution in [2.24, 2.45) is 0 Å². The molecular formula is C23H35FN8O. The average molecular weight is 459 g/mol. The van der Waals surface area contributed by atoms with E-state index in [0.717, 1.165) is 51.6 Å². The van der Waals surface area contributed by atoms with E-state index in [1.807, 2.05) is 11.0 Å². The highest BCUT2D eigenvalue weighted by atomic mass is 19.1. The maximum Gasteiger partial charge on any atom is 0.236 e. The van der Waals surface area contributed by atoms with Crippen molar-refractivity contribution in [2.75, 3.05) is 36.1 Å². The molecule has 10 heteroatoms. The Balaban J connectivity index is 1.71. The summed E-state index contributed by atoms with van der Waals surface area (Å²) in [4.78, 5) is 15.5. The summed E-state index contributed by atoms with van der Waals surface area (Å²) in [5.74, 6) is 0.721. The van der Waals surface area contributed by atoms with Crippen LogP contribution in [0.1, 0.15) is 51.9 Å². The number of hydrogen-bond donors (Lipinski definition) is 4. The lowest BCUT2D eigenvalue weighted by Crippen LogP contribution is -2.46. The molecule has 2 aliphatic rings. The maximum absolute atomic E-state index is 14.7. The molecule has 3 atom stereocenters. The van der Waals surface area contributed by atoms with Gasteiger partial charge >= 0.3 is 0 Å². The van der Waals surface area contributed by atoms with Gasteiger partial charge in [-0.3, -0.25) is 5.32 Å². The van der Waals surface area contributed by atoms with Gasteiger partial charge in [-0.15, -0.1) is 0 Å². The molecule has 1 aromatic heterocycles. The topological polar surface area (TPSA) is 113 Å². The zero-order chi connectivity index (χ0) is 23.2. The van der Waals surface area contributed by atoms with E-state index in [4.69, 9.17) is 15.5 Å². The minimum Gasteiger partial charge on any atom is -0.494 e. The van der Waals surface area contributed by atoms with Gasteiger partial charge in [-0.1, -0.05) is 19.8 Å². The Morgan fingerprint density at radius 2 is 2.00 bits per heavy atom. The van der Waals surface area contributed by atoms with Gasteiger partial charge in [-0.2, -0.15) is 15.0 Å². The predicted octanol–water partition coefficient (Wildman–Crippen LogP) is 3.17. The van der Waals surface area contributed by atoms with Gasteiger partial charge < -0.3 is 26.0 Å². The van der Waals surface area contributed by atoms with Crippen LogP contribution in [-0.2, 0) is 0 Å². The van der Waals surface area contributed by atoms with Crippen LogP contribution in [0.25, 0.3) is 0 Å². The van der Waals surface area contributed by atoms with Crippen molar-refractivity contribution >= 4 is 23.5 Å². The highest BCUT2D eigenvalue weighted by Crippen LogP contribution is 2.33. The average Bonchev–Trinajstić information content (AvgIpc) is 3.21. The molecule has 4 rings (SSSR count). The number of benzene rings is 1. The third-order valence-corrected chi connectivity index (χ3v) is 6.45. The number of methoxy groups -OCH3 is 1. The molecule has 2 saturated heterocycles. The number of nitrogens with one attached hydrogen (secondary N) is 3. The number of nitrogens with zero attached hydrogens (tertiary/aromatic N) is 4. The second-order valence-corrected chi connectivity index (χ2v) is 8.68. The Hall–Kier alpha value is -2.72. The van der Waals surface area contributed by atoms with Crippen LogP contribution in [0, 0.1) is 5.82 Å². The fourth-order valence-electron chi connectivity index (χ4n) is 4.81. The van der Waals surface area contributed by atoms with Crippen molar-refractivity contribution in [3.8, 4) is 5.75 Å². The number of hydrogen-bond acceptors (Lipinski definition) is 9. The van der Waals surface area contributed by atoms with Gasteiger partial charge in [-0.05, 0) is 57.3 Å². The zero-order valence-corrected chi connectivity index (χ0v) is 19.5. The highest BCUT2D eigenvalue weighted by Gasteiger charge is 2.32. The van der Waals surface area contributed by atoms with E-state index in [2.05, 4.69) is 32.8 Å². The van der Waals surface area contributed by atoms with E-state index in [0.29, 0.717) is 17.6 Å². The molecule has 0 saturated carbocycles. The molecule has 0 radical (unpaired) electrons. The minimum absolute atomic E-state index is 0.0194. The summed E-state index contributed by atoms with van der Waals surface area (Å²) in [5, 5.41) is 10.4. The first-order chi connectivity index (χ1) is 16.1. The van der Waals surface area contributed by atoms with Crippen LogP contribution >= 0.6 is 0 Å². The van der Waals surface area contributed by atoms with Crippen LogP contribution in [0.4, 0.5) is 27.9 Å². The fourth-order valence-corrected chi connectivity index (χ4v) is 4.81. The summed E-state index contributed by atoms with van der Waals surface area (Å²) >= 11 is 0. The van der Waals surface area contributed by atoms with Gasteiger partial charge in [0.05, 0.1) is 19.3 Å². The molecule has 0 aliphatic carbocycles. The van der Waals surface area contributed by atoms with Crippen LogP contribution in [0.5, 0.6) is 5.75 Å². The zero-order valence-electron chi connectivity index (χ0n) is 19.5. The summed E-state index contributed by atoms with van der Waals surface area (Å²) < 4.78 is 19.8. The van der Waals surface area contributed by atoms with Crippen molar-refractivity contribution in [3.63, 3.8) is 0 Å². The molecule has 1 aromatic carbocycles. The van der Waals surface area contributed by atoms with E-state index >= 15 is 0 Å². The van der Waals surface area contributed by atoms with E-state index in [1.165, 1.54) is 19.6 Å². The summed E-state index contributed by atoms with van der Waals surface area (Å²) in [6, 6.07) is 5.19. The van der Waals surface area contributed by atoms with Gasteiger partial charge in [0.25, 0.3) is 0 Å². The summed E-state index contributed by atoms with van der Waals surface area (Å²) in [6.07, 6.45) is 7.53.